The number of ether oxygens (including phenoxy) is 3. The van der Waals surface area contributed by atoms with Crippen molar-refractivity contribution >= 4 is 46.4 Å². The molecule has 2 rings (SSSR count). The number of carbonyl (C=O) groups excluding carboxylic acids is 5. The zero-order valence-electron chi connectivity index (χ0n) is 27.0. The van der Waals surface area contributed by atoms with E-state index in [2.05, 4.69) is 44.7 Å². The van der Waals surface area contributed by atoms with E-state index >= 15 is 0 Å². The summed E-state index contributed by atoms with van der Waals surface area (Å²) >= 11 is 1.03. The summed E-state index contributed by atoms with van der Waals surface area (Å²) in [5.74, 6) is -1.15. The van der Waals surface area contributed by atoms with Gasteiger partial charge in [-0.3, -0.25) is 19.7 Å². The highest BCUT2D eigenvalue weighted by Gasteiger charge is 2.21. The quantitative estimate of drug-likeness (QED) is 0.0948. The maximum absolute atomic E-state index is 12.6. The number of rotatable bonds is 17. The summed E-state index contributed by atoms with van der Waals surface area (Å²) in [7, 11) is 1.24. The third-order valence-electron chi connectivity index (χ3n) is 5.91. The van der Waals surface area contributed by atoms with Crippen molar-refractivity contribution in [3.8, 4) is 5.75 Å². The lowest BCUT2D eigenvalue weighted by Crippen LogP contribution is -2.43. The van der Waals surface area contributed by atoms with Crippen LogP contribution in [0.4, 0.5) is 14.7 Å². The number of alkyl carbamates (subject to hydrolysis) is 1. The fourth-order valence-electron chi connectivity index (χ4n) is 3.76. The molecule has 0 aliphatic rings. The highest BCUT2D eigenvalue weighted by Crippen LogP contribution is 2.19. The molecule has 1 unspecified atom stereocenters. The maximum Gasteiger partial charge on any atom is 0.407 e. The lowest BCUT2D eigenvalue weighted by Gasteiger charge is -2.19. The molecule has 0 aliphatic heterocycles. The van der Waals surface area contributed by atoms with E-state index in [1.54, 1.807) is 32.9 Å². The summed E-state index contributed by atoms with van der Waals surface area (Å²) in [5, 5.41) is 14.7. The molecule has 1 aromatic heterocycles. The van der Waals surface area contributed by atoms with Crippen molar-refractivity contribution in [2.24, 2.45) is 0 Å². The molecular formula is C32H42N6O8S. The molecule has 1 heterocycles. The van der Waals surface area contributed by atoms with Crippen LogP contribution in [-0.2, 0) is 25.6 Å². The van der Waals surface area contributed by atoms with Gasteiger partial charge in [0, 0.05) is 24.0 Å². The molecule has 1 atom stereocenters. The third-order valence-corrected chi connectivity index (χ3v) is 6.67. The second-order valence-corrected chi connectivity index (χ2v) is 11.6. The fourth-order valence-corrected chi connectivity index (χ4v) is 4.45. The third kappa shape index (κ3) is 14.6. The van der Waals surface area contributed by atoms with Crippen molar-refractivity contribution in [2.75, 3.05) is 32.1 Å². The van der Waals surface area contributed by atoms with Gasteiger partial charge in [-0.05, 0) is 38.8 Å². The average molecular weight is 671 g/mol. The first-order chi connectivity index (χ1) is 22.3. The van der Waals surface area contributed by atoms with Crippen LogP contribution >= 0.6 is 11.3 Å². The Labute approximate surface area is 278 Å². The van der Waals surface area contributed by atoms with Gasteiger partial charge in [-0.25, -0.2) is 14.6 Å². The standard InChI is InChI=1S/C32H42N6O8S/c1-7-12-21(8-2)23(17-27(40)44-6)36-26(39)19-34-28(41)24-20-47-30(37-24)38-29(42)35-18-22-13-9-10-14-25(22)45-16-11-15-33-31(43)46-32(3,4)5/h7-10,12-14,20,23H,1-2,11,15-19H2,3-6H3,(H,33,43)(H,34,41)(H,36,39)(H2,35,37,38,42). The van der Waals surface area contributed by atoms with Crippen LogP contribution in [-0.4, -0.2) is 73.3 Å². The minimum absolute atomic E-state index is 0.00227. The molecule has 14 nitrogen and oxygen atoms in total. The van der Waals surface area contributed by atoms with E-state index in [0.29, 0.717) is 30.9 Å². The largest absolute Gasteiger partial charge is 0.493 e. The van der Waals surface area contributed by atoms with Gasteiger partial charge in [0.05, 0.1) is 32.7 Å². The fraction of sp³-hybridized carbons (Fsp3) is 0.375. The van der Waals surface area contributed by atoms with Gasteiger partial charge in [-0.2, -0.15) is 0 Å². The van der Waals surface area contributed by atoms with Crippen molar-refractivity contribution in [3.05, 3.63) is 77.9 Å². The first-order valence-electron chi connectivity index (χ1n) is 14.6. The van der Waals surface area contributed by atoms with E-state index < -0.39 is 48.1 Å². The van der Waals surface area contributed by atoms with E-state index in [0.717, 1.165) is 16.9 Å². The van der Waals surface area contributed by atoms with Crippen molar-refractivity contribution in [1.82, 2.24) is 26.3 Å². The van der Waals surface area contributed by atoms with Gasteiger partial charge in [-0.15, -0.1) is 11.3 Å². The highest BCUT2D eigenvalue weighted by molar-refractivity contribution is 7.14. The Kier molecular flexibility index (Phi) is 15.7. The number of thiazole rings is 1. The predicted octanol–water partition coefficient (Wildman–Crippen LogP) is 3.83. The maximum atomic E-state index is 12.6. The molecule has 0 fully saturated rings. The minimum atomic E-state index is -0.734. The average Bonchev–Trinajstić information content (AvgIpc) is 3.49. The van der Waals surface area contributed by atoms with E-state index in [4.69, 9.17) is 14.2 Å². The number of hydrogen-bond acceptors (Lipinski definition) is 10. The number of hydrogen-bond donors (Lipinski definition) is 5. The molecule has 0 spiro atoms. The Morgan fingerprint density at radius 3 is 2.49 bits per heavy atom. The van der Waals surface area contributed by atoms with Gasteiger partial charge in [0.2, 0.25) is 5.91 Å². The molecule has 0 aliphatic carbocycles. The first-order valence-corrected chi connectivity index (χ1v) is 15.5. The zero-order valence-corrected chi connectivity index (χ0v) is 27.8. The Hall–Kier alpha value is -5.18. The number of carbonyl (C=O) groups is 5. The van der Waals surface area contributed by atoms with Gasteiger partial charge < -0.3 is 35.5 Å². The summed E-state index contributed by atoms with van der Waals surface area (Å²) < 4.78 is 15.7. The Morgan fingerprint density at radius 1 is 1.06 bits per heavy atom. The molecule has 47 heavy (non-hydrogen) atoms. The smallest absolute Gasteiger partial charge is 0.407 e. The van der Waals surface area contributed by atoms with Crippen LogP contribution < -0.4 is 31.3 Å². The first kappa shape index (κ1) is 38.0. The second kappa shape index (κ2) is 19.4. The molecule has 0 saturated heterocycles. The van der Waals surface area contributed by atoms with Crippen LogP contribution in [0.25, 0.3) is 0 Å². The number of anilines is 1. The van der Waals surface area contributed by atoms with E-state index in [9.17, 15) is 24.0 Å². The number of amides is 5. The number of esters is 1. The lowest BCUT2D eigenvalue weighted by atomic mass is 10.0. The Bertz CT molecular complexity index is 1450. The molecule has 15 heteroatoms. The Morgan fingerprint density at radius 2 is 1.81 bits per heavy atom. The molecule has 254 valence electrons. The summed E-state index contributed by atoms with van der Waals surface area (Å²) in [6.07, 6.45) is 4.49. The monoisotopic (exact) mass is 670 g/mol. The molecule has 0 saturated carbocycles. The summed E-state index contributed by atoms with van der Waals surface area (Å²) in [5.41, 5.74) is 0.700. The molecule has 1 aromatic carbocycles. The number of allylic oxidation sites excluding steroid dienone is 2. The summed E-state index contributed by atoms with van der Waals surface area (Å²) in [4.78, 5) is 65.3. The normalized spacial score (nSPS) is 11.7. The van der Waals surface area contributed by atoms with E-state index in [1.165, 1.54) is 24.6 Å². The summed E-state index contributed by atoms with van der Waals surface area (Å²) in [6, 6.07) is 5.92. The van der Waals surface area contributed by atoms with Gasteiger partial charge >= 0.3 is 18.1 Å². The van der Waals surface area contributed by atoms with Crippen molar-refractivity contribution in [3.63, 3.8) is 0 Å². The van der Waals surface area contributed by atoms with Crippen LogP contribution in [0.5, 0.6) is 5.75 Å². The zero-order chi connectivity index (χ0) is 34.8. The predicted molar refractivity (Wildman–Crippen MR) is 178 cm³/mol. The van der Waals surface area contributed by atoms with Gasteiger partial charge in [0.15, 0.2) is 5.13 Å². The van der Waals surface area contributed by atoms with Crippen LogP contribution in [0, 0.1) is 0 Å². The molecule has 2 aromatic rings. The number of benzene rings is 1. The van der Waals surface area contributed by atoms with Crippen molar-refractivity contribution < 1.29 is 38.2 Å². The van der Waals surface area contributed by atoms with Crippen LogP contribution in [0.15, 0.2) is 66.6 Å². The number of para-hydroxylation sites is 1. The molecule has 0 bridgehead atoms. The van der Waals surface area contributed by atoms with Crippen LogP contribution in [0.3, 0.4) is 0 Å². The van der Waals surface area contributed by atoms with Crippen LogP contribution in [0.1, 0.15) is 49.7 Å². The molecule has 5 amide bonds. The van der Waals surface area contributed by atoms with Gasteiger partial charge in [0.25, 0.3) is 5.91 Å². The minimum Gasteiger partial charge on any atom is -0.493 e. The number of nitrogens with zero attached hydrogens (tertiary/aromatic N) is 1. The highest BCUT2D eigenvalue weighted by atomic mass is 32.1. The van der Waals surface area contributed by atoms with E-state index in [-0.39, 0.29) is 23.8 Å². The number of nitrogens with one attached hydrogen (secondary N) is 5. The summed E-state index contributed by atoms with van der Waals surface area (Å²) in [6.45, 7) is 13.1. The van der Waals surface area contributed by atoms with Gasteiger partial charge in [-0.1, -0.05) is 49.6 Å². The molecule has 0 radical (unpaired) electrons. The molecule has 5 N–H and O–H groups in total. The van der Waals surface area contributed by atoms with Crippen molar-refractivity contribution in [2.45, 2.75) is 51.8 Å². The second-order valence-electron chi connectivity index (χ2n) is 10.8. The SMILES string of the molecule is C=CC=C(C=C)C(CC(=O)OC)NC(=O)CNC(=O)c1csc(NC(=O)NCc2ccccc2OCCCNC(=O)OC(C)(C)C)n1. The number of methoxy groups -OCH3 is 1. The topological polar surface area (TPSA) is 186 Å². The Balaban J connectivity index is 1.81. The molecular weight excluding hydrogens is 628 g/mol. The number of urea groups is 1. The van der Waals surface area contributed by atoms with E-state index in [1.807, 2.05) is 18.2 Å². The lowest BCUT2D eigenvalue weighted by molar-refractivity contribution is -0.141. The van der Waals surface area contributed by atoms with Crippen LogP contribution in [0.2, 0.25) is 0 Å². The van der Waals surface area contributed by atoms with Gasteiger partial charge in [0.1, 0.15) is 17.0 Å². The number of aromatic nitrogens is 1. The van der Waals surface area contributed by atoms with Crippen molar-refractivity contribution in [1.29, 1.82) is 0 Å².